The van der Waals surface area contributed by atoms with Crippen molar-refractivity contribution >= 4 is 65.4 Å². The van der Waals surface area contributed by atoms with Crippen LogP contribution in [0.25, 0.3) is 0 Å². The van der Waals surface area contributed by atoms with E-state index in [2.05, 4.69) is 84.4 Å². The number of carbonyl (C=O) groups excluding carboxylic acids is 2. The van der Waals surface area contributed by atoms with Gasteiger partial charge in [-0.3, -0.25) is 4.79 Å². The van der Waals surface area contributed by atoms with Gasteiger partial charge in [-0.05, 0) is 112 Å². The molecule has 0 unspecified atom stereocenters. The summed E-state index contributed by atoms with van der Waals surface area (Å²) in [4.78, 5) is 23.8. The van der Waals surface area contributed by atoms with Crippen LogP contribution in [0, 0.1) is 7.14 Å². The minimum atomic E-state index is -1.90. The van der Waals surface area contributed by atoms with E-state index in [1.807, 2.05) is 36.4 Å². The molecule has 0 aromatic heterocycles. The molecule has 0 aliphatic heterocycles. The zero-order chi connectivity index (χ0) is 25.7. The molecule has 1 amide bonds. The molecule has 0 spiro atoms. The van der Waals surface area contributed by atoms with Gasteiger partial charge in [-0.1, -0.05) is 20.8 Å². The first-order chi connectivity index (χ1) is 15.7. The van der Waals surface area contributed by atoms with Gasteiger partial charge in [0.25, 0.3) is 0 Å². The van der Waals surface area contributed by atoms with Crippen molar-refractivity contribution in [2.45, 2.75) is 65.2 Å². The Morgan fingerprint density at radius 1 is 1.03 bits per heavy atom. The monoisotopic (exact) mass is 709 g/mol. The lowest BCUT2D eigenvalue weighted by molar-refractivity contribution is -0.147. The fraction of sp³-hybridized carbons (Fsp3) is 0.440. The Morgan fingerprint density at radius 2 is 1.56 bits per heavy atom. The standard InChI is InChI=1S/C25H33I2NO5Si/c1-8-31-24(30)22(28-16(2)29)15-17-13-20(26)23(21(27)14-17)32-18-9-11-19(12-10-18)33-34(6,7)25(3,4)5/h9-14,22H,8,15H2,1-7H3,(H,28,29)/t22-/m0/s1. The number of hydrogen-bond donors (Lipinski definition) is 1. The summed E-state index contributed by atoms with van der Waals surface area (Å²) in [7, 11) is -1.90. The molecule has 2 aromatic rings. The zero-order valence-electron chi connectivity index (χ0n) is 20.8. The maximum Gasteiger partial charge on any atom is 0.328 e. The van der Waals surface area contributed by atoms with Crippen LogP contribution < -0.4 is 14.5 Å². The Balaban J connectivity index is 2.17. The molecular weight excluding hydrogens is 676 g/mol. The van der Waals surface area contributed by atoms with Gasteiger partial charge in [0.2, 0.25) is 14.2 Å². The molecule has 0 aliphatic carbocycles. The van der Waals surface area contributed by atoms with Crippen LogP contribution in [0.5, 0.6) is 17.2 Å². The van der Waals surface area contributed by atoms with Crippen molar-refractivity contribution < 1.29 is 23.5 Å². The molecule has 186 valence electrons. The van der Waals surface area contributed by atoms with Crippen molar-refractivity contribution in [3.8, 4) is 17.2 Å². The highest BCUT2D eigenvalue weighted by molar-refractivity contribution is 14.1. The third-order valence-corrected chi connectivity index (χ3v) is 11.6. The van der Waals surface area contributed by atoms with Crippen molar-refractivity contribution in [1.82, 2.24) is 5.32 Å². The first-order valence-corrected chi connectivity index (χ1v) is 16.2. The fourth-order valence-corrected chi connectivity index (χ4v) is 6.04. The fourth-order valence-electron chi connectivity index (χ4n) is 2.89. The second-order valence-electron chi connectivity index (χ2n) is 9.53. The van der Waals surface area contributed by atoms with Gasteiger partial charge in [-0.15, -0.1) is 0 Å². The molecule has 0 bridgehead atoms. The van der Waals surface area contributed by atoms with Gasteiger partial charge in [-0.25, -0.2) is 4.79 Å². The summed E-state index contributed by atoms with van der Waals surface area (Å²) in [5, 5.41) is 2.81. The van der Waals surface area contributed by atoms with Crippen LogP contribution in [-0.4, -0.2) is 32.8 Å². The molecule has 0 heterocycles. The van der Waals surface area contributed by atoms with Gasteiger partial charge in [0, 0.05) is 13.3 Å². The van der Waals surface area contributed by atoms with Gasteiger partial charge < -0.3 is 19.2 Å². The number of carbonyl (C=O) groups is 2. The van der Waals surface area contributed by atoms with E-state index in [9.17, 15) is 9.59 Å². The lowest BCUT2D eigenvalue weighted by atomic mass is 10.1. The molecule has 2 rings (SSSR count). The minimum Gasteiger partial charge on any atom is -0.543 e. The first-order valence-electron chi connectivity index (χ1n) is 11.1. The summed E-state index contributed by atoms with van der Waals surface area (Å²) in [6, 6.07) is 10.9. The number of benzene rings is 2. The topological polar surface area (TPSA) is 73.9 Å². The summed E-state index contributed by atoms with van der Waals surface area (Å²) in [5.74, 6) is 1.59. The highest BCUT2D eigenvalue weighted by Crippen LogP contribution is 2.38. The van der Waals surface area contributed by atoms with E-state index >= 15 is 0 Å². The van der Waals surface area contributed by atoms with Gasteiger partial charge in [0.05, 0.1) is 13.7 Å². The van der Waals surface area contributed by atoms with E-state index < -0.39 is 20.3 Å². The minimum absolute atomic E-state index is 0.127. The van der Waals surface area contributed by atoms with E-state index in [0.29, 0.717) is 12.2 Å². The quantitative estimate of drug-likeness (QED) is 0.179. The average molecular weight is 709 g/mol. The summed E-state index contributed by atoms with van der Waals surface area (Å²) in [5.41, 5.74) is 0.908. The average Bonchev–Trinajstić information content (AvgIpc) is 2.70. The SMILES string of the molecule is CCOC(=O)[C@H](Cc1cc(I)c(Oc2ccc(O[Si](C)(C)C(C)(C)C)cc2)c(I)c1)NC(C)=O. The highest BCUT2D eigenvalue weighted by atomic mass is 127. The highest BCUT2D eigenvalue weighted by Gasteiger charge is 2.38. The Kier molecular flexibility index (Phi) is 10.3. The maximum atomic E-state index is 12.3. The van der Waals surface area contributed by atoms with E-state index in [1.165, 1.54) is 6.92 Å². The number of amides is 1. The molecule has 34 heavy (non-hydrogen) atoms. The molecule has 0 radical (unpaired) electrons. The number of ether oxygens (including phenoxy) is 2. The molecule has 0 fully saturated rings. The third-order valence-electron chi connectivity index (χ3n) is 5.67. The van der Waals surface area contributed by atoms with Crippen molar-refractivity contribution in [1.29, 1.82) is 0 Å². The van der Waals surface area contributed by atoms with Crippen LogP contribution in [0.2, 0.25) is 18.1 Å². The second-order valence-corrected chi connectivity index (χ2v) is 16.6. The van der Waals surface area contributed by atoms with Gasteiger partial charge in [-0.2, -0.15) is 0 Å². The lowest BCUT2D eigenvalue weighted by Crippen LogP contribution is -2.43. The third kappa shape index (κ3) is 8.11. The molecule has 1 atom stereocenters. The Hall–Kier alpha value is -1.34. The van der Waals surface area contributed by atoms with Gasteiger partial charge in [0.15, 0.2) is 5.75 Å². The lowest BCUT2D eigenvalue weighted by Gasteiger charge is -2.36. The molecule has 9 heteroatoms. The van der Waals surface area contributed by atoms with E-state index in [-0.39, 0.29) is 17.6 Å². The van der Waals surface area contributed by atoms with Crippen LogP contribution in [0.15, 0.2) is 36.4 Å². The zero-order valence-corrected chi connectivity index (χ0v) is 26.1. The Labute approximate surface area is 230 Å². The smallest absolute Gasteiger partial charge is 0.328 e. The number of halogens is 2. The summed E-state index contributed by atoms with van der Waals surface area (Å²) in [6.07, 6.45) is 0.337. The van der Waals surface area contributed by atoms with Crippen LogP contribution in [0.4, 0.5) is 0 Å². The summed E-state index contributed by atoms with van der Waals surface area (Å²) >= 11 is 4.45. The number of esters is 1. The Morgan fingerprint density at radius 3 is 2.03 bits per heavy atom. The number of rotatable bonds is 9. The van der Waals surface area contributed by atoms with Crippen LogP contribution in [-0.2, 0) is 20.7 Å². The second kappa shape index (κ2) is 12.1. The van der Waals surface area contributed by atoms with Crippen LogP contribution in [0.3, 0.4) is 0 Å². The Bertz CT molecular complexity index is 996. The summed E-state index contributed by atoms with van der Waals surface area (Å²) in [6.45, 7) is 14.5. The van der Waals surface area contributed by atoms with E-state index in [1.54, 1.807) is 6.92 Å². The largest absolute Gasteiger partial charge is 0.543 e. The van der Waals surface area contributed by atoms with Crippen molar-refractivity contribution in [2.75, 3.05) is 6.61 Å². The van der Waals surface area contributed by atoms with Crippen molar-refractivity contribution in [2.24, 2.45) is 0 Å². The molecular formula is C25H33I2NO5Si. The molecule has 1 N–H and O–H groups in total. The molecule has 6 nitrogen and oxygen atoms in total. The van der Waals surface area contributed by atoms with E-state index in [0.717, 1.165) is 24.2 Å². The first kappa shape index (κ1) is 28.9. The maximum absolute atomic E-state index is 12.3. The number of nitrogens with one attached hydrogen (secondary N) is 1. The van der Waals surface area contributed by atoms with Gasteiger partial charge >= 0.3 is 5.97 Å². The van der Waals surface area contributed by atoms with Crippen LogP contribution in [0.1, 0.15) is 40.2 Å². The van der Waals surface area contributed by atoms with Crippen LogP contribution >= 0.6 is 45.2 Å². The molecule has 2 aromatic carbocycles. The molecule has 0 saturated heterocycles. The number of hydrogen-bond acceptors (Lipinski definition) is 5. The molecule has 0 saturated carbocycles. The van der Waals surface area contributed by atoms with E-state index in [4.69, 9.17) is 13.9 Å². The van der Waals surface area contributed by atoms with Crippen molar-refractivity contribution in [3.63, 3.8) is 0 Å². The predicted molar refractivity (Wildman–Crippen MR) is 154 cm³/mol. The molecule has 0 aliphatic rings. The summed E-state index contributed by atoms with van der Waals surface area (Å²) < 4.78 is 19.5. The van der Waals surface area contributed by atoms with Gasteiger partial charge in [0.1, 0.15) is 17.5 Å². The normalized spacial score (nSPS) is 12.6. The predicted octanol–water partition coefficient (Wildman–Crippen LogP) is 6.68. The van der Waals surface area contributed by atoms with Crippen molar-refractivity contribution in [3.05, 3.63) is 49.1 Å².